The summed E-state index contributed by atoms with van der Waals surface area (Å²) in [4.78, 5) is 32.4. The van der Waals surface area contributed by atoms with Crippen LogP contribution < -0.4 is 14.2 Å². The predicted octanol–water partition coefficient (Wildman–Crippen LogP) is 4.90. The van der Waals surface area contributed by atoms with Crippen LogP contribution in [-0.4, -0.2) is 54.1 Å². The van der Waals surface area contributed by atoms with Crippen LogP contribution in [0, 0.1) is 0 Å². The van der Waals surface area contributed by atoms with Gasteiger partial charge in [0.05, 0.1) is 13.2 Å². The van der Waals surface area contributed by atoms with Crippen molar-refractivity contribution in [1.82, 2.24) is 9.80 Å². The van der Waals surface area contributed by atoms with Crippen molar-refractivity contribution in [3.63, 3.8) is 0 Å². The standard InChI is InChI=1S/C28H30N2O5S/c1-28(2,3)30(27(32)19-7-10-22-23(15-19)35-17-34-22)16-25(31)29-13-11-24-21(12-14-36-24)26(29)18-5-8-20(33-4)9-6-18/h5-10,12,14-15,26H,11,13,16-17H2,1-4H3. The third-order valence-electron chi connectivity index (χ3n) is 6.69. The Morgan fingerprint density at radius 1 is 1.08 bits per heavy atom. The Hall–Kier alpha value is -3.52. The Labute approximate surface area is 215 Å². The number of hydrogen-bond acceptors (Lipinski definition) is 6. The number of hydrogen-bond donors (Lipinski definition) is 0. The molecule has 0 aliphatic carbocycles. The van der Waals surface area contributed by atoms with E-state index < -0.39 is 5.54 Å². The van der Waals surface area contributed by atoms with Crippen molar-refractivity contribution in [1.29, 1.82) is 0 Å². The molecule has 0 radical (unpaired) electrons. The van der Waals surface area contributed by atoms with E-state index in [1.54, 1.807) is 41.5 Å². The quantitative estimate of drug-likeness (QED) is 0.492. The second-order valence-electron chi connectivity index (χ2n) is 9.94. The SMILES string of the molecule is COc1ccc(C2c3ccsc3CCN2C(=O)CN(C(=O)c2ccc3c(c2)OCO3)C(C)(C)C)cc1. The Bertz CT molecular complexity index is 1280. The number of amides is 2. The molecule has 188 valence electrons. The average Bonchev–Trinajstić information content (AvgIpc) is 3.54. The highest BCUT2D eigenvalue weighted by Gasteiger charge is 2.36. The summed E-state index contributed by atoms with van der Waals surface area (Å²) in [6, 6.07) is 14.9. The number of nitrogens with zero attached hydrogens (tertiary/aromatic N) is 2. The molecule has 2 aliphatic rings. The molecule has 3 heterocycles. The zero-order valence-electron chi connectivity index (χ0n) is 20.9. The summed E-state index contributed by atoms with van der Waals surface area (Å²) in [6.45, 7) is 6.54. The molecule has 0 saturated carbocycles. The molecule has 2 amide bonds. The summed E-state index contributed by atoms with van der Waals surface area (Å²) in [5, 5.41) is 2.08. The van der Waals surface area contributed by atoms with Gasteiger partial charge in [0.15, 0.2) is 11.5 Å². The van der Waals surface area contributed by atoms with Crippen molar-refractivity contribution >= 4 is 23.2 Å². The van der Waals surface area contributed by atoms with E-state index in [0.29, 0.717) is 23.6 Å². The molecule has 2 aromatic carbocycles. The number of rotatable bonds is 5. The van der Waals surface area contributed by atoms with Crippen molar-refractivity contribution in [2.24, 2.45) is 0 Å². The van der Waals surface area contributed by atoms with Gasteiger partial charge < -0.3 is 24.0 Å². The van der Waals surface area contributed by atoms with Gasteiger partial charge in [0.1, 0.15) is 12.3 Å². The molecular formula is C28H30N2O5S. The molecule has 5 rings (SSSR count). The van der Waals surface area contributed by atoms with Crippen LogP contribution in [0.1, 0.15) is 53.2 Å². The lowest BCUT2D eigenvalue weighted by Gasteiger charge is -2.40. The van der Waals surface area contributed by atoms with E-state index in [1.165, 1.54) is 4.88 Å². The predicted molar refractivity (Wildman–Crippen MR) is 138 cm³/mol. The van der Waals surface area contributed by atoms with Gasteiger partial charge in [-0.05, 0) is 80.1 Å². The summed E-state index contributed by atoms with van der Waals surface area (Å²) >= 11 is 1.73. The summed E-state index contributed by atoms with van der Waals surface area (Å²) < 4.78 is 16.2. The van der Waals surface area contributed by atoms with Gasteiger partial charge in [-0.2, -0.15) is 0 Å². The third kappa shape index (κ3) is 4.53. The maximum absolute atomic E-state index is 13.9. The minimum absolute atomic E-state index is 0.0249. The highest BCUT2D eigenvalue weighted by atomic mass is 32.1. The van der Waals surface area contributed by atoms with Crippen LogP contribution in [0.5, 0.6) is 17.2 Å². The fourth-order valence-electron chi connectivity index (χ4n) is 4.76. The smallest absolute Gasteiger partial charge is 0.254 e. The van der Waals surface area contributed by atoms with E-state index in [0.717, 1.165) is 23.3 Å². The highest BCUT2D eigenvalue weighted by Crippen LogP contribution is 2.39. The van der Waals surface area contributed by atoms with Crippen molar-refractivity contribution in [2.45, 2.75) is 38.8 Å². The zero-order valence-corrected chi connectivity index (χ0v) is 21.8. The molecule has 1 atom stereocenters. The van der Waals surface area contributed by atoms with Crippen LogP contribution in [0.3, 0.4) is 0 Å². The molecule has 3 aromatic rings. The summed E-state index contributed by atoms with van der Waals surface area (Å²) in [6.07, 6.45) is 0.803. The average molecular weight is 507 g/mol. The van der Waals surface area contributed by atoms with Crippen LogP contribution in [0.25, 0.3) is 0 Å². The molecule has 1 unspecified atom stereocenters. The maximum atomic E-state index is 13.9. The minimum atomic E-state index is -0.567. The van der Waals surface area contributed by atoms with Crippen molar-refractivity contribution in [3.05, 3.63) is 75.5 Å². The molecule has 0 spiro atoms. The molecule has 0 bridgehead atoms. The molecular weight excluding hydrogens is 476 g/mol. The van der Waals surface area contributed by atoms with Gasteiger partial charge in [-0.1, -0.05) is 12.1 Å². The minimum Gasteiger partial charge on any atom is -0.497 e. The summed E-state index contributed by atoms with van der Waals surface area (Å²) in [5.41, 5.74) is 2.07. The molecule has 0 saturated heterocycles. The first-order valence-corrected chi connectivity index (χ1v) is 12.9. The monoisotopic (exact) mass is 506 g/mol. The van der Waals surface area contributed by atoms with Crippen molar-refractivity contribution in [3.8, 4) is 17.2 Å². The topological polar surface area (TPSA) is 68.3 Å². The highest BCUT2D eigenvalue weighted by molar-refractivity contribution is 7.10. The number of carbonyl (C=O) groups is 2. The lowest BCUT2D eigenvalue weighted by Crippen LogP contribution is -2.52. The zero-order chi connectivity index (χ0) is 25.4. The number of benzene rings is 2. The van der Waals surface area contributed by atoms with Crippen molar-refractivity contribution < 1.29 is 23.8 Å². The molecule has 0 fully saturated rings. The van der Waals surface area contributed by atoms with Gasteiger partial charge in [-0.3, -0.25) is 9.59 Å². The van der Waals surface area contributed by atoms with Crippen LogP contribution in [0.15, 0.2) is 53.9 Å². The van der Waals surface area contributed by atoms with Crippen LogP contribution in [0.4, 0.5) is 0 Å². The van der Waals surface area contributed by atoms with Gasteiger partial charge in [0.2, 0.25) is 12.7 Å². The van der Waals surface area contributed by atoms with Crippen LogP contribution in [-0.2, 0) is 11.2 Å². The first-order chi connectivity index (χ1) is 17.3. The number of fused-ring (bicyclic) bond motifs is 2. The van der Waals surface area contributed by atoms with Gasteiger partial charge in [-0.25, -0.2) is 0 Å². The first kappa shape index (κ1) is 24.2. The fourth-order valence-corrected chi connectivity index (χ4v) is 5.66. The molecule has 1 aromatic heterocycles. The number of carbonyl (C=O) groups excluding carboxylic acids is 2. The van der Waals surface area contributed by atoms with Crippen LogP contribution >= 0.6 is 11.3 Å². The van der Waals surface area contributed by atoms with E-state index >= 15 is 0 Å². The second-order valence-corrected chi connectivity index (χ2v) is 10.9. The molecule has 7 nitrogen and oxygen atoms in total. The van der Waals surface area contributed by atoms with E-state index in [2.05, 4.69) is 11.4 Å². The van der Waals surface area contributed by atoms with E-state index in [-0.39, 0.29) is 31.2 Å². The van der Waals surface area contributed by atoms with Gasteiger partial charge >= 0.3 is 0 Å². The molecule has 36 heavy (non-hydrogen) atoms. The van der Waals surface area contributed by atoms with Gasteiger partial charge in [-0.15, -0.1) is 11.3 Å². The summed E-state index contributed by atoms with van der Waals surface area (Å²) in [5.74, 6) is 1.63. The number of ether oxygens (including phenoxy) is 3. The molecule has 0 N–H and O–H groups in total. The second kappa shape index (κ2) is 9.50. The van der Waals surface area contributed by atoms with Crippen LogP contribution in [0.2, 0.25) is 0 Å². The number of methoxy groups -OCH3 is 1. The fraction of sp³-hybridized carbons (Fsp3) is 0.357. The summed E-state index contributed by atoms with van der Waals surface area (Å²) in [7, 11) is 1.64. The van der Waals surface area contributed by atoms with E-state index in [9.17, 15) is 9.59 Å². The normalized spacial score (nSPS) is 16.4. The Morgan fingerprint density at radius 2 is 1.83 bits per heavy atom. The number of thiophene rings is 1. The lowest BCUT2D eigenvalue weighted by atomic mass is 9.93. The van der Waals surface area contributed by atoms with E-state index in [1.807, 2.05) is 49.9 Å². The largest absolute Gasteiger partial charge is 0.497 e. The van der Waals surface area contributed by atoms with Crippen molar-refractivity contribution in [2.75, 3.05) is 27.0 Å². The molecule has 2 aliphatic heterocycles. The Kier molecular flexibility index (Phi) is 6.38. The lowest BCUT2D eigenvalue weighted by molar-refractivity contribution is -0.135. The maximum Gasteiger partial charge on any atom is 0.254 e. The van der Waals surface area contributed by atoms with Gasteiger partial charge in [0, 0.05) is 22.5 Å². The molecule has 8 heteroatoms. The van der Waals surface area contributed by atoms with Gasteiger partial charge in [0.25, 0.3) is 5.91 Å². The third-order valence-corrected chi connectivity index (χ3v) is 7.68. The Balaban J connectivity index is 1.44. The first-order valence-electron chi connectivity index (χ1n) is 12.0. The van der Waals surface area contributed by atoms with E-state index in [4.69, 9.17) is 14.2 Å². The Morgan fingerprint density at radius 3 is 2.56 bits per heavy atom.